The van der Waals surface area contributed by atoms with Crippen molar-refractivity contribution >= 4 is 23.1 Å². The van der Waals surface area contributed by atoms with E-state index in [-0.39, 0.29) is 23.5 Å². The highest BCUT2D eigenvalue weighted by atomic mass is 19.4. The fraction of sp³-hybridized carbons (Fsp3) is 0.286. The molecule has 0 radical (unpaired) electrons. The third kappa shape index (κ3) is 4.54. The van der Waals surface area contributed by atoms with Crippen LogP contribution >= 0.6 is 0 Å². The van der Waals surface area contributed by atoms with E-state index in [1.54, 1.807) is 13.8 Å². The Hall–Kier alpha value is -2.91. The maximum Gasteiger partial charge on any atom is 0.433 e. The number of hydrogen-bond donors (Lipinski definition) is 2. The molecule has 0 amide bonds. The van der Waals surface area contributed by atoms with Crippen molar-refractivity contribution in [2.45, 2.75) is 26.1 Å². The number of nitro benzene ring substituents is 1. The third-order valence-corrected chi connectivity index (χ3v) is 2.78. The van der Waals surface area contributed by atoms with Crippen molar-refractivity contribution in [3.8, 4) is 0 Å². The van der Waals surface area contributed by atoms with Gasteiger partial charge in [0.05, 0.1) is 4.92 Å². The van der Waals surface area contributed by atoms with Crippen molar-refractivity contribution in [3.63, 3.8) is 0 Å². The third-order valence-electron chi connectivity index (χ3n) is 2.78. The fourth-order valence-electron chi connectivity index (χ4n) is 1.79. The van der Waals surface area contributed by atoms with Crippen LogP contribution in [0.15, 0.2) is 30.3 Å². The molecule has 7 nitrogen and oxygen atoms in total. The molecule has 0 saturated carbocycles. The summed E-state index contributed by atoms with van der Waals surface area (Å²) in [6.07, 6.45) is -4.62. The number of hydrogen-bond acceptors (Lipinski definition) is 6. The van der Waals surface area contributed by atoms with Crippen molar-refractivity contribution in [3.05, 3.63) is 46.1 Å². The molecular weight excluding hydrogens is 327 g/mol. The number of non-ortho nitro benzene ring substituents is 1. The Kier molecular flexibility index (Phi) is 4.86. The molecule has 0 spiro atoms. The largest absolute Gasteiger partial charge is 0.433 e. The summed E-state index contributed by atoms with van der Waals surface area (Å²) in [5, 5.41) is 16.0. The first-order valence-electron chi connectivity index (χ1n) is 6.89. The molecule has 0 saturated heterocycles. The number of alkyl halides is 3. The smallest absolute Gasteiger partial charge is 0.352 e. The van der Waals surface area contributed by atoms with Gasteiger partial charge in [-0.05, 0) is 26.0 Å². The summed E-state index contributed by atoms with van der Waals surface area (Å²) >= 11 is 0. The van der Waals surface area contributed by atoms with E-state index in [0.29, 0.717) is 5.69 Å². The maximum absolute atomic E-state index is 12.9. The molecule has 2 aromatic rings. The van der Waals surface area contributed by atoms with Gasteiger partial charge in [-0.3, -0.25) is 10.1 Å². The Morgan fingerprint density at radius 3 is 2.29 bits per heavy atom. The lowest BCUT2D eigenvalue weighted by Gasteiger charge is -2.14. The van der Waals surface area contributed by atoms with Gasteiger partial charge in [-0.2, -0.15) is 18.2 Å². The van der Waals surface area contributed by atoms with E-state index in [0.717, 1.165) is 6.07 Å². The molecule has 1 aromatic heterocycles. The Bertz CT molecular complexity index is 732. The molecule has 128 valence electrons. The Labute approximate surface area is 135 Å². The Morgan fingerprint density at radius 1 is 1.17 bits per heavy atom. The number of benzene rings is 1. The zero-order chi connectivity index (χ0) is 17.9. The SMILES string of the molecule is CC(C)Nc1nc(Nc2ccc([N+](=O)[O-])cc2)cc(C(F)(F)F)n1. The van der Waals surface area contributed by atoms with E-state index < -0.39 is 16.8 Å². The van der Waals surface area contributed by atoms with Gasteiger partial charge in [-0.25, -0.2) is 4.98 Å². The van der Waals surface area contributed by atoms with Crippen LogP contribution in [-0.2, 0) is 6.18 Å². The molecule has 0 fully saturated rings. The molecule has 2 N–H and O–H groups in total. The minimum Gasteiger partial charge on any atom is -0.352 e. The van der Waals surface area contributed by atoms with Crippen molar-refractivity contribution in [2.24, 2.45) is 0 Å². The van der Waals surface area contributed by atoms with Gasteiger partial charge in [0.2, 0.25) is 5.95 Å². The van der Waals surface area contributed by atoms with E-state index >= 15 is 0 Å². The monoisotopic (exact) mass is 341 g/mol. The topological polar surface area (TPSA) is 93.0 Å². The molecule has 1 aromatic carbocycles. The average Bonchev–Trinajstić information content (AvgIpc) is 2.46. The van der Waals surface area contributed by atoms with E-state index in [1.165, 1.54) is 24.3 Å². The van der Waals surface area contributed by atoms with Crippen molar-refractivity contribution in [1.29, 1.82) is 0 Å². The lowest BCUT2D eigenvalue weighted by molar-refractivity contribution is -0.384. The van der Waals surface area contributed by atoms with Crippen LogP contribution in [0.4, 0.5) is 36.3 Å². The molecule has 0 aliphatic heterocycles. The molecule has 0 aliphatic rings. The fourth-order valence-corrected chi connectivity index (χ4v) is 1.79. The van der Waals surface area contributed by atoms with Crippen molar-refractivity contribution < 1.29 is 18.1 Å². The number of halogens is 3. The van der Waals surface area contributed by atoms with Crippen molar-refractivity contribution in [1.82, 2.24) is 9.97 Å². The normalized spacial score (nSPS) is 11.4. The predicted octanol–water partition coefficient (Wildman–Crippen LogP) is 3.97. The van der Waals surface area contributed by atoms with E-state index in [4.69, 9.17) is 0 Å². The molecule has 24 heavy (non-hydrogen) atoms. The number of nitrogens with one attached hydrogen (secondary N) is 2. The van der Waals surface area contributed by atoms with Crippen LogP contribution in [-0.4, -0.2) is 20.9 Å². The first kappa shape index (κ1) is 17.4. The summed E-state index contributed by atoms with van der Waals surface area (Å²) in [6, 6.07) is 5.85. The molecule has 0 aliphatic carbocycles. The van der Waals surface area contributed by atoms with Gasteiger partial charge in [-0.15, -0.1) is 0 Å². The lowest BCUT2D eigenvalue weighted by atomic mass is 10.3. The van der Waals surface area contributed by atoms with Gasteiger partial charge in [0.25, 0.3) is 5.69 Å². The Balaban J connectivity index is 2.32. The lowest BCUT2D eigenvalue weighted by Crippen LogP contribution is -2.17. The van der Waals surface area contributed by atoms with Crippen LogP contribution in [0.5, 0.6) is 0 Å². The van der Waals surface area contributed by atoms with Crippen LogP contribution in [0.2, 0.25) is 0 Å². The second-order valence-electron chi connectivity index (χ2n) is 5.19. The quantitative estimate of drug-likeness (QED) is 0.631. The standard InChI is InChI=1S/C14H14F3N5O2/c1-8(2)18-13-20-11(14(15,16)17)7-12(21-13)19-9-3-5-10(6-4-9)22(23)24/h3-8H,1-2H3,(H2,18,19,20,21). The van der Waals surface area contributed by atoms with E-state index in [2.05, 4.69) is 20.6 Å². The summed E-state index contributed by atoms with van der Waals surface area (Å²) < 4.78 is 38.8. The highest BCUT2D eigenvalue weighted by Gasteiger charge is 2.33. The maximum atomic E-state index is 12.9. The highest BCUT2D eigenvalue weighted by molar-refractivity contribution is 5.59. The Morgan fingerprint density at radius 2 is 1.79 bits per heavy atom. The van der Waals surface area contributed by atoms with Crippen LogP contribution in [0.3, 0.4) is 0 Å². The molecule has 0 unspecified atom stereocenters. The van der Waals surface area contributed by atoms with Crippen LogP contribution in [0, 0.1) is 10.1 Å². The van der Waals surface area contributed by atoms with Gasteiger partial charge < -0.3 is 10.6 Å². The van der Waals surface area contributed by atoms with Gasteiger partial charge in [-0.1, -0.05) is 0 Å². The summed E-state index contributed by atoms with van der Waals surface area (Å²) in [7, 11) is 0. The summed E-state index contributed by atoms with van der Waals surface area (Å²) in [5.74, 6) is -0.237. The number of nitrogens with zero attached hydrogens (tertiary/aromatic N) is 3. The van der Waals surface area contributed by atoms with Crippen LogP contribution < -0.4 is 10.6 Å². The number of aromatic nitrogens is 2. The van der Waals surface area contributed by atoms with Gasteiger partial charge in [0, 0.05) is 29.9 Å². The summed E-state index contributed by atoms with van der Waals surface area (Å²) in [6.45, 7) is 3.49. The second kappa shape index (κ2) is 6.69. The van der Waals surface area contributed by atoms with E-state index in [1.807, 2.05) is 0 Å². The summed E-state index contributed by atoms with van der Waals surface area (Å²) in [4.78, 5) is 17.5. The molecular formula is C14H14F3N5O2. The zero-order valence-electron chi connectivity index (χ0n) is 12.8. The minimum absolute atomic E-state index is 0.0747. The number of nitro groups is 1. The average molecular weight is 341 g/mol. The molecule has 0 atom stereocenters. The van der Waals surface area contributed by atoms with Gasteiger partial charge >= 0.3 is 6.18 Å². The predicted molar refractivity (Wildman–Crippen MR) is 82.2 cm³/mol. The first-order chi connectivity index (χ1) is 11.1. The van der Waals surface area contributed by atoms with Gasteiger partial charge in [0.15, 0.2) is 5.69 Å². The molecule has 1 heterocycles. The summed E-state index contributed by atoms with van der Waals surface area (Å²) in [5.41, 5.74) is -0.852. The number of anilines is 3. The highest BCUT2D eigenvalue weighted by Crippen LogP contribution is 2.30. The zero-order valence-corrected chi connectivity index (χ0v) is 12.8. The number of rotatable bonds is 5. The van der Waals surface area contributed by atoms with E-state index in [9.17, 15) is 23.3 Å². The van der Waals surface area contributed by atoms with Crippen LogP contribution in [0.25, 0.3) is 0 Å². The van der Waals surface area contributed by atoms with Gasteiger partial charge in [0.1, 0.15) is 5.82 Å². The molecule has 10 heteroatoms. The molecule has 2 rings (SSSR count). The second-order valence-corrected chi connectivity index (χ2v) is 5.19. The van der Waals surface area contributed by atoms with Crippen molar-refractivity contribution in [2.75, 3.05) is 10.6 Å². The minimum atomic E-state index is -4.62. The molecule has 0 bridgehead atoms. The first-order valence-corrected chi connectivity index (χ1v) is 6.89. The van der Waals surface area contributed by atoms with Crippen LogP contribution in [0.1, 0.15) is 19.5 Å².